The summed E-state index contributed by atoms with van der Waals surface area (Å²) in [7, 11) is 1.70. The Kier molecular flexibility index (Phi) is 8.38. The summed E-state index contributed by atoms with van der Waals surface area (Å²) in [5.41, 5.74) is 11.9. The number of aryl methyl sites for hydroxylation is 1. The lowest BCUT2D eigenvalue weighted by molar-refractivity contribution is 0.122. The fourth-order valence-electron chi connectivity index (χ4n) is 5.16. The summed E-state index contributed by atoms with van der Waals surface area (Å²) in [6.45, 7) is 7.36. The molecule has 0 aliphatic carbocycles. The minimum atomic E-state index is 0.685. The van der Waals surface area contributed by atoms with E-state index in [2.05, 4.69) is 50.9 Å². The molecule has 0 unspecified atom stereocenters. The van der Waals surface area contributed by atoms with Crippen LogP contribution in [0.2, 0.25) is 10.0 Å². The van der Waals surface area contributed by atoms with Gasteiger partial charge in [-0.2, -0.15) is 0 Å². The minimum absolute atomic E-state index is 0.685. The van der Waals surface area contributed by atoms with E-state index in [0.717, 1.165) is 73.6 Å². The van der Waals surface area contributed by atoms with Gasteiger partial charge in [-0.1, -0.05) is 47.5 Å². The molecule has 1 fully saturated rings. The molecule has 5 rings (SSSR count). The molecule has 2 heterocycles. The van der Waals surface area contributed by atoms with Crippen LogP contribution in [-0.2, 0) is 19.6 Å². The van der Waals surface area contributed by atoms with Gasteiger partial charge >= 0.3 is 0 Å². The van der Waals surface area contributed by atoms with Gasteiger partial charge in [0.1, 0.15) is 5.75 Å². The monoisotopic (exact) mass is 536 g/mol. The van der Waals surface area contributed by atoms with Gasteiger partial charge in [-0.15, -0.1) is 0 Å². The lowest BCUT2D eigenvalue weighted by Gasteiger charge is -2.35. The van der Waals surface area contributed by atoms with E-state index in [1.54, 1.807) is 7.11 Å². The van der Waals surface area contributed by atoms with Crippen molar-refractivity contribution in [2.75, 3.05) is 39.8 Å². The molecule has 7 heteroatoms. The van der Waals surface area contributed by atoms with Gasteiger partial charge in [0, 0.05) is 84.1 Å². The molecule has 1 aliphatic rings. The number of piperazine rings is 1. The average molecular weight is 538 g/mol. The first-order chi connectivity index (χ1) is 18.1. The van der Waals surface area contributed by atoms with Crippen molar-refractivity contribution in [3.63, 3.8) is 0 Å². The van der Waals surface area contributed by atoms with Gasteiger partial charge in [0.2, 0.25) is 0 Å². The first-order valence-electron chi connectivity index (χ1n) is 12.9. The smallest absolute Gasteiger partial charge is 0.118 e. The van der Waals surface area contributed by atoms with Crippen molar-refractivity contribution in [1.82, 2.24) is 14.4 Å². The molecule has 1 saturated heterocycles. The summed E-state index contributed by atoms with van der Waals surface area (Å²) in [6.07, 6.45) is 3.22. The number of hydrogen-bond acceptors (Lipinski definition) is 4. The van der Waals surface area contributed by atoms with Crippen LogP contribution in [0, 0.1) is 0 Å². The summed E-state index contributed by atoms with van der Waals surface area (Å²) < 4.78 is 7.70. The predicted octanol–water partition coefficient (Wildman–Crippen LogP) is 6.29. The largest absolute Gasteiger partial charge is 0.497 e. The Morgan fingerprint density at radius 2 is 1.54 bits per heavy atom. The highest BCUT2D eigenvalue weighted by molar-refractivity contribution is 6.35. The summed E-state index contributed by atoms with van der Waals surface area (Å²) in [5, 5.41) is 2.77. The van der Waals surface area contributed by atoms with Crippen LogP contribution in [0.5, 0.6) is 5.75 Å². The first-order valence-corrected chi connectivity index (χ1v) is 13.6. The number of halogens is 2. The van der Waals surface area contributed by atoms with Crippen LogP contribution in [0.15, 0.2) is 66.9 Å². The van der Waals surface area contributed by atoms with E-state index in [1.165, 1.54) is 27.6 Å². The Bertz CT molecular complexity index is 1320. The fraction of sp³-hybridized carbons (Fsp3) is 0.333. The lowest BCUT2D eigenvalue weighted by atomic mass is 10.0. The second kappa shape index (κ2) is 11.9. The minimum Gasteiger partial charge on any atom is -0.497 e. The van der Waals surface area contributed by atoms with E-state index in [4.69, 9.17) is 33.7 Å². The average Bonchev–Trinajstić information content (AvgIpc) is 3.28. The molecule has 1 aromatic heterocycles. The van der Waals surface area contributed by atoms with Crippen LogP contribution < -0.4 is 10.5 Å². The molecule has 194 valence electrons. The Morgan fingerprint density at radius 1 is 0.865 bits per heavy atom. The molecule has 0 saturated carbocycles. The van der Waals surface area contributed by atoms with Crippen molar-refractivity contribution < 1.29 is 4.74 Å². The third-order valence-corrected chi connectivity index (χ3v) is 7.97. The molecule has 3 aromatic carbocycles. The number of fused-ring (bicyclic) bond motifs is 1. The Hall–Kier alpha value is -2.54. The molecule has 0 amide bonds. The Balaban J connectivity index is 1.31. The molecule has 4 aromatic rings. The molecule has 1 aliphatic heterocycles. The number of nitrogens with two attached hydrogens (primary N) is 1. The number of rotatable bonds is 9. The van der Waals surface area contributed by atoms with Crippen molar-refractivity contribution in [1.29, 1.82) is 0 Å². The van der Waals surface area contributed by atoms with Crippen molar-refractivity contribution in [3.05, 3.63) is 88.0 Å². The van der Waals surface area contributed by atoms with Gasteiger partial charge in [0.25, 0.3) is 0 Å². The predicted molar refractivity (Wildman–Crippen MR) is 155 cm³/mol. The molecule has 2 N–H and O–H groups in total. The molecular weight excluding hydrogens is 503 g/mol. The normalized spacial score (nSPS) is 14.9. The zero-order chi connectivity index (χ0) is 25.8. The molecule has 0 atom stereocenters. The molecule has 0 bridgehead atoms. The molecule has 0 spiro atoms. The molecular formula is C30H34Cl2N4O. The van der Waals surface area contributed by atoms with Crippen molar-refractivity contribution in [2.45, 2.75) is 26.1 Å². The third-order valence-electron chi connectivity index (χ3n) is 7.26. The Morgan fingerprint density at radius 3 is 2.19 bits per heavy atom. The van der Waals surface area contributed by atoms with Crippen LogP contribution in [0.3, 0.4) is 0 Å². The summed E-state index contributed by atoms with van der Waals surface area (Å²) in [4.78, 5) is 4.97. The number of benzene rings is 3. The number of ether oxygens (including phenoxy) is 1. The summed E-state index contributed by atoms with van der Waals surface area (Å²) >= 11 is 12.8. The van der Waals surface area contributed by atoms with Crippen LogP contribution >= 0.6 is 23.2 Å². The number of aromatic nitrogens is 1. The van der Waals surface area contributed by atoms with Crippen LogP contribution in [-0.4, -0.2) is 54.2 Å². The third kappa shape index (κ3) is 5.97. The number of nitrogens with zero attached hydrogens (tertiary/aromatic N) is 3. The molecule has 5 nitrogen and oxygen atoms in total. The van der Waals surface area contributed by atoms with E-state index >= 15 is 0 Å². The van der Waals surface area contributed by atoms with E-state index < -0.39 is 0 Å². The standard InChI is InChI=1S/C30H34Cl2N4O/c1-37-24-9-7-23(8-10-24)26-21-36(13-3-12-33)30-11-6-22(18-25(26)30)19-34-14-16-35(17-15-34)20-27-28(31)4-2-5-29(27)32/h2,4-11,18,21H,3,12-17,19-20,33H2,1H3. The highest BCUT2D eigenvalue weighted by atomic mass is 35.5. The van der Waals surface area contributed by atoms with E-state index in [1.807, 2.05) is 30.3 Å². The summed E-state index contributed by atoms with van der Waals surface area (Å²) in [5.74, 6) is 0.868. The summed E-state index contributed by atoms with van der Waals surface area (Å²) in [6, 6.07) is 21.0. The lowest BCUT2D eigenvalue weighted by Crippen LogP contribution is -2.45. The maximum Gasteiger partial charge on any atom is 0.118 e. The van der Waals surface area contributed by atoms with Crippen molar-refractivity contribution in [2.24, 2.45) is 5.73 Å². The topological polar surface area (TPSA) is 46.7 Å². The first kappa shape index (κ1) is 26.1. The maximum atomic E-state index is 6.40. The van der Waals surface area contributed by atoms with Crippen molar-refractivity contribution in [3.8, 4) is 16.9 Å². The zero-order valence-electron chi connectivity index (χ0n) is 21.3. The second-order valence-corrected chi connectivity index (χ2v) is 10.5. The quantitative estimate of drug-likeness (QED) is 0.273. The van der Waals surface area contributed by atoms with Gasteiger partial charge in [-0.3, -0.25) is 9.80 Å². The van der Waals surface area contributed by atoms with Gasteiger partial charge in [-0.05, 0) is 60.5 Å². The fourth-order valence-corrected chi connectivity index (χ4v) is 5.68. The van der Waals surface area contributed by atoms with E-state index in [0.29, 0.717) is 6.54 Å². The van der Waals surface area contributed by atoms with Crippen LogP contribution in [0.1, 0.15) is 17.5 Å². The molecule has 0 radical (unpaired) electrons. The van der Waals surface area contributed by atoms with Gasteiger partial charge < -0.3 is 15.0 Å². The van der Waals surface area contributed by atoms with Crippen LogP contribution in [0.25, 0.3) is 22.0 Å². The zero-order valence-corrected chi connectivity index (χ0v) is 22.8. The number of methoxy groups -OCH3 is 1. The van der Waals surface area contributed by atoms with Crippen LogP contribution in [0.4, 0.5) is 0 Å². The number of hydrogen-bond donors (Lipinski definition) is 1. The Labute approximate surface area is 229 Å². The SMILES string of the molecule is COc1ccc(-c2cn(CCCN)c3ccc(CN4CCN(Cc5c(Cl)cccc5Cl)CC4)cc23)cc1. The van der Waals surface area contributed by atoms with Gasteiger partial charge in [0.15, 0.2) is 0 Å². The maximum absolute atomic E-state index is 6.40. The van der Waals surface area contributed by atoms with Gasteiger partial charge in [0.05, 0.1) is 7.11 Å². The highest BCUT2D eigenvalue weighted by Crippen LogP contribution is 2.33. The highest BCUT2D eigenvalue weighted by Gasteiger charge is 2.20. The molecule has 37 heavy (non-hydrogen) atoms. The van der Waals surface area contributed by atoms with Gasteiger partial charge in [-0.25, -0.2) is 0 Å². The second-order valence-electron chi connectivity index (χ2n) is 9.71. The van der Waals surface area contributed by atoms with E-state index in [9.17, 15) is 0 Å². The van der Waals surface area contributed by atoms with E-state index in [-0.39, 0.29) is 0 Å². The van der Waals surface area contributed by atoms with Crippen molar-refractivity contribution >= 4 is 34.1 Å².